The largest absolute Gasteiger partial charge is 0.353 e. The van der Waals surface area contributed by atoms with Crippen LogP contribution >= 0.6 is 11.6 Å². The number of benzene rings is 1. The molecule has 1 aliphatic heterocycles. The van der Waals surface area contributed by atoms with E-state index in [-0.39, 0.29) is 30.2 Å². The van der Waals surface area contributed by atoms with Crippen molar-refractivity contribution in [2.75, 3.05) is 11.4 Å². The molecule has 1 N–H and O–H groups in total. The number of nitrogens with zero attached hydrogens (tertiary/aromatic N) is 1. The normalized spacial score (nSPS) is 19.0. The Balaban J connectivity index is 1.85. The fraction of sp³-hybridized carbons (Fsp3) is 0.579. The third-order valence-electron chi connectivity index (χ3n) is 4.44. The number of anilines is 1. The van der Waals surface area contributed by atoms with Crippen LogP contribution in [0, 0.1) is 11.8 Å². The molecular formula is C19H27ClN2O2. The van der Waals surface area contributed by atoms with Crippen molar-refractivity contribution in [1.82, 2.24) is 5.32 Å². The van der Waals surface area contributed by atoms with Crippen LogP contribution in [0.2, 0.25) is 5.02 Å². The van der Waals surface area contributed by atoms with Gasteiger partial charge >= 0.3 is 0 Å². The van der Waals surface area contributed by atoms with E-state index < -0.39 is 0 Å². The fourth-order valence-corrected chi connectivity index (χ4v) is 3.14. The quantitative estimate of drug-likeness (QED) is 0.807. The molecule has 1 aromatic rings. The molecule has 0 radical (unpaired) electrons. The van der Waals surface area contributed by atoms with E-state index in [1.165, 1.54) is 6.42 Å². The number of nitrogens with one attached hydrogen (secondary N) is 1. The van der Waals surface area contributed by atoms with Crippen molar-refractivity contribution in [1.29, 1.82) is 0 Å². The van der Waals surface area contributed by atoms with E-state index in [4.69, 9.17) is 11.6 Å². The SMILES string of the molecule is CC(C)CCC[C@H](C)NC(=O)[C@H]1CC(=O)N(c2ccc(Cl)cc2)C1. The van der Waals surface area contributed by atoms with Gasteiger partial charge in [0.15, 0.2) is 0 Å². The molecule has 24 heavy (non-hydrogen) atoms. The molecule has 1 heterocycles. The van der Waals surface area contributed by atoms with Gasteiger partial charge in [-0.25, -0.2) is 0 Å². The molecule has 5 heteroatoms. The Bertz CT molecular complexity index is 571. The molecule has 0 spiro atoms. The van der Waals surface area contributed by atoms with Gasteiger partial charge in [0.05, 0.1) is 5.92 Å². The molecule has 1 fully saturated rings. The van der Waals surface area contributed by atoms with Crippen LogP contribution in [-0.4, -0.2) is 24.4 Å². The van der Waals surface area contributed by atoms with Gasteiger partial charge in [0, 0.05) is 29.7 Å². The Hall–Kier alpha value is -1.55. The molecule has 0 bridgehead atoms. The number of hydrogen-bond acceptors (Lipinski definition) is 2. The predicted molar refractivity (Wildman–Crippen MR) is 98.2 cm³/mol. The summed E-state index contributed by atoms with van der Waals surface area (Å²) in [6.45, 7) is 6.88. The summed E-state index contributed by atoms with van der Waals surface area (Å²) in [6, 6.07) is 7.29. The van der Waals surface area contributed by atoms with Gasteiger partial charge in [0.2, 0.25) is 11.8 Å². The highest BCUT2D eigenvalue weighted by Gasteiger charge is 2.35. The lowest BCUT2D eigenvalue weighted by molar-refractivity contribution is -0.126. The maximum Gasteiger partial charge on any atom is 0.227 e. The molecule has 0 aliphatic carbocycles. The number of hydrogen-bond donors (Lipinski definition) is 1. The van der Waals surface area contributed by atoms with Gasteiger partial charge in [-0.15, -0.1) is 0 Å². The molecule has 1 aliphatic rings. The molecule has 2 atom stereocenters. The summed E-state index contributed by atoms with van der Waals surface area (Å²) in [5.74, 6) is 0.385. The molecule has 2 rings (SSSR count). The van der Waals surface area contributed by atoms with Crippen LogP contribution in [0.25, 0.3) is 0 Å². The summed E-state index contributed by atoms with van der Waals surface area (Å²) < 4.78 is 0. The van der Waals surface area contributed by atoms with Crippen LogP contribution in [0.5, 0.6) is 0 Å². The lowest BCUT2D eigenvalue weighted by Gasteiger charge is -2.19. The average Bonchev–Trinajstić information content (AvgIpc) is 2.90. The van der Waals surface area contributed by atoms with Crippen LogP contribution in [-0.2, 0) is 9.59 Å². The van der Waals surface area contributed by atoms with Crippen molar-refractivity contribution in [3.05, 3.63) is 29.3 Å². The number of rotatable bonds is 7. The van der Waals surface area contributed by atoms with Crippen molar-refractivity contribution in [2.45, 2.75) is 52.5 Å². The van der Waals surface area contributed by atoms with Crippen molar-refractivity contribution in [3.8, 4) is 0 Å². The van der Waals surface area contributed by atoms with Crippen LogP contribution in [0.3, 0.4) is 0 Å². The molecule has 2 amide bonds. The van der Waals surface area contributed by atoms with Gasteiger partial charge in [-0.1, -0.05) is 38.3 Å². The molecule has 4 nitrogen and oxygen atoms in total. The zero-order valence-electron chi connectivity index (χ0n) is 14.7. The van der Waals surface area contributed by atoms with E-state index in [0.717, 1.165) is 18.5 Å². The Morgan fingerprint density at radius 3 is 2.54 bits per heavy atom. The van der Waals surface area contributed by atoms with Crippen LogP contribution in [0.15, 0.2) is 24.3 Å². The topological polar surface area (TPSA) is 49.4 Å². The van der Waals surface area contributed by atoms with Gasteiger partial charge in [-0.3, -0.25) is 9.59 Å². The third kappa shape index (κ3) is 5.23. The summed E-state index contributed by atoms with van der Waals surface area (Å²) in [5, 5.41) is 3.69. The van der Waals surface area contributed by atoms with Gasteiger partial charge in [0.25, 0.3) is 0 Å². The fourth-order valence-electron chi connectivity index (χ4n) is 3.02. The van der Waals surface area contributed by atoms with Gasteiger partial charge in [-0.05, 0) is 43.5 Å². The number of amides is 2. The van der Waals surface area contributed by atoms with Crippen LogP contribution in [0.1, 0.15) is 46.5 Å². The Morgan fingerprint density at radius 2 is 1.92 bits per heavy atom. The number of carbonyl (C=O) groups is 2. The van der Waals surface area contributed by atoms with E-state index in [9.17, 15) is 9.59 Å². The maximum absolute atomic E-state index is 12.4. The second kappa shape index (κ2) is 8.52. The second-order valence-corrected chi connectivity index (χ2v) is 7.55. The first-order chi connectivity index (χ1) is 11.4. The van der Waals surface area contributed by atoms with Gasteiger partial charge in [-0.2, -0.15) is 0 Å². The second-order valence-electron chi connectivity index (χ2n) is 7.12. The van der Waals surface area contributed by atoms with Crippen LogP contribution in [0.4, 0.5) is 5.69 Å². The van der Waals surface area contributed by atoms with Gasteiger partial charge < -0.3 is 10.2 Å². The van der Waals surface area contributed by atoms with E-state index >= 15 is 0 Å². The van der Waals surface area contributed by atoms with Crippen molar-refractivity contribution >= 4 is 29.1 Å². The molecule has 0 saturated carbocycles. The van der Waals surface area contributed by atoms with Crippen molar-refractivity contribution < 1.29 is 9.59 Å². The molecule has 0 aromatic heterocycles. The predicted octanol–water partition coefficient (Wildman–Crippen LogP) is 4.02. The first kappa shape index (κ1) is 18.8. The van der Waals surface area contributed by atoms with E-state index in [0.29, 0.717) is 17.5 Å². The molecule has 1 aromatic carbocycles. The minimum absolute atomic E-state index is 0.00932. The Kier molecular flexibility index (Phi) is 6.67. The lowest BCUT2D eigenvalue weighted by Crippen LogP contribution is -2.38. The van der Waals surface area contributed by atoms with Crippen molar-refractivity contribution in [2.24, 2.45) is 11.8 Å². The molecular weight excluding hydrogens is 324 g/mol. The van der Waals surface area contributed by atoms with Gasteiger partial charge in [0.1, 0.15) is 0 Å². The van der Waals surface area contributed by atoms with E-state index in [2.05, 4.69) is 19.2 Å². The highest BCUT2D eigenvalue weighted by atomic mass is 35.5. The Morgan fingerprint density at radius 1 is 1.25 bits per heavy atom. The van der Waals surface area contributed by atoms with Crippen LogP contribution < -0.4 is 10.2 Å². The summed E-state index contributed by atoms with van der Waals surface area (Å²) >= 11 is 5.88. The number of carbonyl (C=O) groups excluding carboxylic acids is 2. The monoisotopic (exact) mass is 350 g/mol. The number of halogens is 1. The summed E-state index contributed by atoms with van der Waals surface area (Å²) in [6.07, 6.45) is 3.53. The molecule has 0 unspecified atom stereocenters. The maximum atomic E-state index is 12.4. The zero-order valence-corrected chi connectivity index (χ0v) is 15.5. The standard InChI is InChI=1S/C19H27ClN2O2/c1-13(2)5-4-6-14(3)21-19(24)15-11-18(23)22(12-15)17-9-7-16(20)8-10-17/h7-10,13-15H,4-6,11-12H2,1-3H3,(H,21,24)/t14-,15-/m0/s1. The van der Waals surface area contributed by atoms with E-state index in [1.54, 1.807) is 17.0 Å². The third-order valence-corrected chi connectivity index (χ3v) is 4.69. The molecule has 132 valence electrons. The first-order valence-corrected chi connectivity index (χ1v) is 9.11. The minimum atomic E-state index is -0.277. The average molecular weight is 351 g/mol. The summed E-state index contributed by atoms with van der Waals surface area (Å²) in [7, 11) is 0. The zero-order chi connectivity index (χ0) is 17.7. The van der Waals surface area contributed by atoms with Crippen molar-refractivity contribution in [3.63, 3.8) is 0 Å². The molecule has 1 saturated heterocycles. The highest BCUT2D eigenvalue weighted by molar-refractivity contribution is 6.30. The smallest absolute Gasteiger partial charge is 0.227 e. The Labute approximate surface area is 149 Å². The highest BCUT2D eigenvalue weighted by Crippen LogP contribution is 2.26. The summed E-state index contributed by atoms with van der Waals surface area (Å²) in [4.78, 5) is 26.3. The lowest BCUT2D eigenvalue weighted by atomic mass is 10.0. The minimum Gasteiger partial charge on any atom is -0.353 e. The van der Waals surface area contributed by atoms with E-state index in [1.807, 2.05) is 19.1 Å². The first-order valence-electron chi connectivity index (χ1n) is 8.73. The summed E-state index contributed by atoms with van der Waals surface area (Å²) in [5.41, 5.74) is 0.796.